The summed E-state index contributed by atoms with van der Waals surface area (Å²) in [6.07, 6.45) is 4.20. The smallest absolute Gasteiger partial charge is 0.239 e. The molecule has 18 heavy (non-hydrogen) atoms. The maximum absolute atomic E-state index is 13.8. The predicted molar refractivity (Wildman–Crippen MR) is 68.7 cm³/mol. The number of benzene rings is 1. The molecule has 0 radical (unpaired) electrons. The number of halogens is 2. The fraction of sp³-hybridized carbons (Fsp3) is 0.462. The highest BCUT2D eigenvalue weighted by Crippen LogP contribution is 2.28. The van der Waals surface area contributed by atoms with Crippen LogP contribution in [0.4, 0.5) is 4.39 Å². The van der Waals surface area contributed by atoms with Gasteiger partial charge in [0.1, 0.15) is 11.9 Å². The van der Waals surface area contributed by atoms with Gasteiger partial charge in [-0.15, -0.1) is 0 Å². The number of amides is 1. The van der Waals surface area contributed by atoms with Crippen LogP contribution in [0, 0.1) is 5.82 Å². The highest BCUT2D eigenvalue weighted by atomic mass is 35.5. The molecule has 0 spiro atoms. The van der Waals surface area contributed by atoms with Crippen molar-refractivity contribution in [2.75, 3.05) is 0 Å². The molecule has 1 aliphatic rings. The standard InChI is InChI=1S/C13H16ClFN2O/c14-9-6-3-7-10(15)11(9)12(13(16)18)17-8-4-1-2-5-8/h3,6-8,12,17H,1-2,4-5H2,(H2,16,18). The van der Waals surface area contributed by atoms with Crippen LogP contribution >= 0.6 is 11.6 Å². The fourth-order valence-electron chi connectivity index (χ4n) is 2.42. The van der Waals surface area contributed by atoms with E-state index in [2.05, 4.69) is 5.32 Å². The summed E-state index contributed by atoms with van der Waals surface area (Å²) in [5, 5.41) is 3.34. The molecule has 1 aliphatic carbocycles. The Bertz CT molecular complexity index is 426. The Morgan fingerprint density at radius 1 is 1.44 bits per heavy atom. The second-order valence-electron chi connectivity index (χ2n) is 4.62. The van der Waals surface area contributed by atoms with Gasteiger partial charge in [-0.1, -0.05) is 30.5 Å². The second kappa shape index (κ2) is 5.67. The molecular formula is C13H16ClFN2O. The van der Waals surface area contributed by atoms with Crippen molar-refractivity contribution in [2.24, 2.45) is 5.73 Å². The highest BCUT2D eigenvalue weighted by Gasteiger charge is 2.27. The van der Waals surface area contributed by atoms with Gasteiger partial charge in [0.05, 0.1) is 0 Å². The van der Waals surface area contributed by atoms with Crippen LogP contribution in [0.2, 0.25) is 5.02 Å². The minimum absolute atomic E-state index is 0.151. The van der Waals surface area contributed by atoms with E-state index in [9.17, 15) is 9.18 Å². The van der Waals surface area contributed by atoms with Crippen molar-refractivity contribution in [2.45, 2.75) is 37.8 Å². The zero-order valence-electron chi connectivity index (χ0n) is 9.96. The molecule has 1 unspecified atom stereocenters. The molecule has 2 rings (SSSR count). The van der Waals surface area contributed by atoms with Gasteiger partial charge < -0.3 is 5.73 Å². The van der Waals surface area contributed by atoms with E-state index in [0.717, 1.165) is 25.7 Å². The van der Waals surface area contributed by atoms with E-state index in [4.69, 9.17) is 17.3 Å². The van der Waals surface area contributed by atoms with Gasteiger partial charge in [0.2, 0.25) is 5.91 Å². The summed E-state index contributed by atoms with van der Waals surface area (Å²) < 4.78 is 13.8. The first-order valence-corrected chi connectivity index (χ1v) is 6.46. The summed E-state index contributed by atoms with van der Waals surface area (Å²) in [7, 11) is 0. The Morgan fingerprint density at radius 3 is 2.67 bits per heavy atom. The first-order chi connectivity index (χ1) is 8.59. The van der Waals surface area contributed by atoms with Crippen molar-refractivity contribution in [3.05, 3.63) is 34.6 Å². The summed E-state index contributed by atoms with van der Waals surface area (Å²) in [4.78, 5) is 11.5. The van der Waals surface area contributed by atoms with E-state index >= 15 is 0 Å². The van der Waals surface area contributed by atoms with Crippen molar-refractivity contribution in [1.82, 2.24) is 5.32 Å². The van der Waals surface area contributed by atoms with E-state index in [-0.39, 0.29) is 16.6 Å². The second-order valence-corrected chi connectivity index (χ2v) is 5.03. The summed E-state index contributed by atoms with van der Waals surface area (Å²) in [6.45, 7) is 0. The molecular weight excluding hydrogens is 255 g/mol. The van der Waals surface area contributed by atoms with Gasteiger partial charge in [0.15, 0.2) is 0 Å². The summed E-state index contributed by atoms with van der Waals surface area (Å²) in [5.74, 6) is -1.11. The van der Waals surface area contributed by atoms with Crippen molar-refractivity contribution in [3.8, 4) is 0 Å². The first kappa shape index (κ1) is 13.3. The minimum atomic E-state index is -0.859. The SMILES string of the molecule is NC(=O)C(NC1CCCC1)c1c(F)cccc1Cl. The molecule has 1 fully saturated rings. The fourth-order valence-corrected chi connectivity index (χ4v) is 2.69. The summed E-state index contributed by atoms with van der Waals surface area (Å²) in [5.41, 5.74) is 5.51. The number of primary amides is 1. The third-order valence-corrected chi connectivity index (χ3v) is 3.66. The van der Waals surface area contributed by atoms with E-state index in [1.807, 2.05) is 0 Å². The van der Waals surface area contributed by atoms with Gasteiger partial charge >= 0.3 is 0 Å². The number of hydrogen-bond donors (Lipinski definition) is 2. The maximum Gasteiger partial charge on any atom is 0.239 e. The van der Waals surface area contributed by atoms with Gasteiger partial charge in [0.25, 0.3) is 0 Å². The van der Waals surface area contributed by atoms with Crippen LogP contribution in [-0.4, -0.2) is 11.9 Å². The Morgan fingerprint density at radius 2 is 2.11 bits per heavy atom. The molecule has 3 N–H and O–H groups in total. The van der Waals surface area contributed by atoms with Gasteiger partial charge in [-0.05, 0) is 25.0 Å². The lowest BCUT2D eigenvalue weighted by Gasteiger charge is -2.21. The Balaban J connectivity index is 2.26. The number of hydrogen-bond acceptors (Lipinski definition) is 2. The van der Waals surface area contributed by atoms with Crippen molar-refractivity contribution in [1.29, 1.82) is 0 Å². The van der Waals surface area contributed by atoms with Crippen molar-refractivity contribution < 1.29 is 9.18 Å². The molecule has 1 saturated carbocycles. The number of carbonyl (C=O) groups is 1. The zero-order valence-corrected chi connectivity index (χ0v) is 10.7. The molecule has 1 atom stereocenters. The highest BCUT2D eigenvalue weighted by molar-refractivity contribution is 6.31. The van der Waals surface area contributed by atoms with Crippen LogP contribution in [0.1, 0.15) is 37.3 Å². The van der Waals surface area contributed by atoms with E-state index < -0.39 is 17.8 Å². The average Bonchev–Trinajstić information content (AvgIpc) is 2.80. The van der Waals surface area contributed by atoms with Crippen LogP contribution in [0.5, 0.6) is 0 Å². The van der Waals surface area contributed by atoms with E-state index in [1.54, 1.807) is 6.07 Å². The molecule has 0 aromatic heterocycles. The van der Waals surface area contributed by atoms with Crippen molar-refractivity contribution in [3.63, 3.8) is 0 Å². The van der Waals surface area contributed by atoms with Crippen LogP contribution in [-0.2, 0) is 4.79 Å². The van der Waals surface area contributed by atoms with Crippen molar-refractivity contribution >= 4 is 17.5 Å². The third kappa shape index (κ3) is 2.82. The summed E-state index contributed by atoms with van der Waals surface area (Å²) in [6, 6.07) is 3.70. The monoisotopic (exact) mass is 270 g/mol. The van der Waals surface area contributed by atoms with Crippen LogP contribution in [0.25, 0.3) is 0 Å². The molecule has 0 heterocycles. The topological polar surface area (TPSA) is 55.1 Å². The number of carbonyl (C=O) groups excluding carboxylic acids is 1. The van der Waals surface area contributed by atoms with Gasteiger partial charge in [0, 0.05) is 16.6 Å². The molecule has 0 saturated heterocycles. The molecule has 1 aromatic carbocycles. The van der Waals surface area contributed by atoms with Crippen LogP contribution in [0.15, 0.2) is 18.2 Å². The van der Waals surface area contributed by atoms with Crippen LogP contribution < -0.4 is 11.1 Å². The average molecular weight is 271 g/mol. The summed E-state index contributed by atoms with van der Waals surface area (Å²) >= 11 is 5.97. The number of rotatable bonds is 4. The normalized spacial score (nSPS) is 17.9. The van der Waals surface area contributed by atoms with E-state index in [1.165, 1.54) is 12.1 Å². The molecule has 1 amide bonds. The lowest BCUT2D eigenvalue weighted by molar-refractivity contribution is -0.120. The lowest BCUT2D eigenvalue weighted by atomic mass is 10.0. The molecule has 5 heteroatoms. The van der Waals surface area contributed by atoms with Crippen LogP contribution in [0.3, 0.4) is 0 Å². The number of nitrogens with one attached hydrogen (secondary N) is 1. The quantitative estimate of drug-likeness (QED) is 0.883. The largest absolute Gasteiger partial charge is 0.368 e. The predicted octanol–water partition coefficient (Wildman–Crippen LogP) is 2.54. The molecule has 1 aromatic rings. The van der Waals surface area contributed by atoms with Gasteiger partial charge in [-0.2, -0.15) is 0 Å². The Hall–Kier alpha value is -1.13. The molecule has 0 bridgehead atoms. The minimum Gasteiger partial charge on any atom is -0.368 e. The molecule has 98 valence electrons. The number of nitrogens with two attached hydrogens (primary N) is 1. The van der Waals surface area contributed by atoms with Gasteiger partial charge in [-0.25, -0.2) is 4.39 Å². The van der Waals surface area contributed by atoms with Gasteiger partial charge in [-0.3, -0.25) is 10.1 Å². The third-order valence-electron chi connectivity index (χ3n) is 3.33. The Kier molecular flexibility index (Phi) is 4.19. The molecule has 3 nitrogen and oxygen atoms in total. The first-order valence-electron chi connectivity index (χ1n) is 6.09. The molecule has 0 aliphatic heterocycles. The zero-order chi connectivity index (χ0) is 13.1. The lowest BCUT2D eigenvalue weighted by Crippen LogP contribution is -2.39. The van der Waals surface area contributed by atoms with E-state index in [0.29, 0.717) is 0 Å². The Labute approximate surface area is 111 Å². The maximum atomic E-state index is 13.8.